The van der Waals surface area contributed by atoms with Crippen LogP contribution in [0.5, 0.6) is 0 Å². The van der Waals surface area contributed by atoms with Gasteiger partial charge in [0.05, 0.1) is 4.90 Å². The summed E-state index contributed by atoms with van der Waals surface area (Å²) in [5.74, 6) is -0.0913. The van der Waals surface area contributed by atoms with Crippen LogP contribution in [0.15, 0.2) is 29.2 Å². The van der Waals surface area contributed by atoms with Crippen molar-refractivity contribution in [2.45, 2.75) is 56.3 Å². The minimum absolute atomic E-state index is 0.139. The highest BCUT2D eigenvalue weighted by molar-refractivity contribution is 7.89. The maximum Gasteiger partial charge on any atom is 0.306 e. The Morgan fingerprint density at radius 1 is 1.11 bits per heavy atom. The molecule has 0 radical (unpaired) electrons. The number of ether oxygens (including phenoxy) is 1. The molecular weight excluding hydrogens is 380 g/mol. The number of nitrogens with zero attached hydrogens (tertiary/aromatic N) is 1. The molecule has 0 bridgehead atoms. The van der Waals surface area contributed by atoms with Gasteiger partial charge in [-0.3, -0.25) is 9.59 Å². The van der Waals surface area contributed by atoms with E-state index in [2.05, 4.69) is 5.32 Å². The Kier molecular flexibility index (Phi) is 8.44. The fraction of sp³-hybridized carbons (Fsp3) is 0.600. The molecule has 0 heterocycles. The van der Waals surface area contributed by atoms with Crippen molar-refractivity contribution in [3.05, 3.63) is 24.3 Å². The molecule has 1 fully saturated rings. The molecule has 0 spiro atoms. The van der Waals surface area contributed by atoms with Crippen LogP contribution in [-0.2, 0) is 24.3 Å². The summed E-state index contributed by atoms with van der Waals surface area (Å²) >= 11 is 0. The standard InChI is InChI=1S/C20H30N2O5S/c1-22(2)28(25,26)18-13-11-17(12-14-18)21-19(23)15-27-20(24)10-6-9-16-7-4-3-5-8-16/h11-14,16H,3-10,15H2,1-2H3,(H,21,23). The maximum absolute atomic E-state index is 12.0. The molecule has 7 nitrogen and oxygen atoms in total. The highest BCUT2D eigenvalue weighted by Crippen LogP contribution is 2.27. The number of hydrogen-bond donors (Lipinski definition) is 1. The molecule has 1 aliphatic carbocycles. The zero-order valence-corrected chi connectivity index (χ0v) is 17.5. The zero-order chi connectivity index (χ0) is 20.6. The van der Waals surface area contributed by atoms with Gasteiger partial charge in [0.15, 0.2) is 6.61 Å². The smallest absolute Gasteiger partial charge is 0.306 e. The first-order valence-electron chi connectivity index (χ1n) is 9.77. The Bertz CT molecular complexity index is 753. The zero-order valence-electron chi connectivity index (χ0n) is 16.6. The molecule has 0 saturated heterocycles. The molecule has 0 atom stereocenters. The van der Waals surface area contributed by atoms with Crippen LogP contribution in [0.1, 0.15) is 51.4 Å². The van der Waals surface area contributed by atoms with Crippen LogP contribution >= 0.6 is 0 Å². The molecule has 28 heavy (non-hydrogen) atoms. The molecule has 0 aromatic heterocycles. The Morgan fingerprint density at radius 2 is 1.75 bits per heavy atom. The van der Waals surface area contributed by atoms with E-state index >= 15 is 0 Å². The van der Waals surface area contributed by atoms with Crippen LogP contribution in [0.4, 0.5) is 5.69 Å². The number of nitrogens with one attached hydrogen (secondary N) is 1. The van der Waals surface area contributed by atoms with Gasteiger partial charge in [0.25, 0.3) is 5.91 Å². The summed E-state index contributed by atoms with van der Waals surface area (Å²) in [4.78, 5) is 23.8. The molecule has 1 aliphatic rings. The molecule has 0 unspecified atom stereocenters. The monoisotopic (exact) mass is 410 g/mol. The van der Waals surface area contributed by atoms with Crippen molar-refractivity contribution in [1.29, 1.82) is 0 Å². The summed E-state index contributed by atoms with van der Waals surface area (Å²) in [7, 11) is -0.604. The van der Waals surface area contributed by atoms with E-state index in [1.54, 1.807) is 0 Å². The van der Waals surface area contributed by atoms with Gasteiger partial charge in [-0.15, -0.1) is 0 Å². The first kappa shape index (κ1) is 22.4. The van der Waals surface area contributed by atoms with Gasteiger partial charge in [0.1, 0.15) is 0 Å². The third-order valence-corrected chi connectivity index (χ3v) is 6.83. The number of amides is 1. The lowest BCUT2D eigenvalue weighted by atomic mass is 9.86. The Hall–Kier alpha value is -1.93. The van der Waals surface area contributed by atoms with Crippen molar-refractivity contribution < 1.29 is 22.7 Å². The van der Waals surface area contributed by atoms with Gasteiger partial charge in [0, 0.05) is 26.2 Å². The summed E-state index contributed by atoms with van der Waals surface area (Å²) in [6, 6.07) is 5.84. The normalized spacial score (nSPS) is 15.4. The number of benzene rings is 1. The highest BCUT2D eigenvalue weighted by atomic mass is 32.2. The van der Waals surface area contributed by atoms with Gasteiger partial charge >= 0.3 is 5.97 Å². The van der Waals surface area contributed by atoms with Gasteiger partial charge in [-0.2, -0.15) is 0 Å². The third kappa shape index (κ3) is 6.91. The average molecular weight is 411 g/mol. The van der Waals surface area contributed by atoms with E-state index in [1.807, 2.05) is 0 Å². The third-order valence-electron chi connectivity index (χ3n) is 5.00. The largest absolute Gasteiger partial charge is 0.456 e. The van der Waals surface area contributed by atoms with Gasteiger partial charge in [-0.05, 0) is 43.0 Å². The lowest BCUT2D eigenvalue weighted by molar-refractivity contribution is -0.147. The summed E-state index contributed by atoms with van der Waals surface area (Å²) in [6.45, 7) is -0.347. The molecular formula is C20H30N2O5S. The van der Waals surface area contributed by atoms with Gasteiger partial charge in [0.2, 0.25) is 10.0 Å². The second kappa shape index (κ2) is 10.6. The first-order valence-corrected chi connectivity index (χ1v) is 11.2. The minimum atomic E-state index is -3.51. The Labute approximate surface area is 167 Å². The van der Waals surface area contributed by atoms with Crippen molar-refractivity contribution in [3.8, 4) is 0 Å². The van der Waals surface area contributed by atoms with Gasteiger partial charge in [-0.1, -0.05) is 32.1 Å². The van der Waals surface area contributed by atoms with Crippen molar-refractivity contribution in [3.63, 3.8) is 0 Å². The Morgan fingerprint density at radius 3 is 2.36 bits per heavy atom. The van der Waals surface area contributed by atoms with Gasteiger partial charge in [-0.25, -0.2) is 12.7 Å². The van der Waals surface area contributed by atoms with Crippen molar-refractivity contribution >= 4 is 27.6 Å². The second-order valence-electron chi connectivity index (χ2n) is 7.42. The summed E-state index contributed by atoms with van der Waals surface area (Å²) in [5.41, 5.74) is 0.441. The molecule has 0 aliphatic heterocycles. The van der Waals surface area contributed by atoms with E-state index in [-0.39, 0.29) is 17.5 Å². The van der Waals surface area contributed by atoms with E-state index in [0.29, 0.717) is 12.1 Å². The van der Waals surface area contributed by atoms with E-state index in [0.717, 1.165) is 23.1 Å². The number of rotatable bonds is 9. The predicted octanol–water partition coefficient (Wildman–Crippen LogP) is 3.17. The van der Waals surface area contributed by atoms with E-state index < -0.39 is 15.9 Å². The minimum Gasteiger partial charge on any atom is -0.456 e. The fourth-order valence-electron chi connectivity index (χ4n) is 3.35. The molecule has 2 rings (SSSR count). The first-order chi connectivity index (χ1) is 13.3. The number of esters is 1. The summed E-state index contributed by atoms with van der Waals surface area (Å²) in [6.07, 6.45) is 8.59. The summed E-state index contributed by atoms with van der Waals surface area (Å²) < 4.78 is 30.2. The number of carbonyl (C=O) groups is 2. The fourth-order valence-corrected chi connectivity index (χ4v) is 4.25. The van der Waals surface area contributed by atoms with Crippen molar-refractivity contribution in [1.82, 2.24) is 4.31 Å². The van der Waals surface area contributed by atoms with Crippen LogP contribution in [0, 0.1) is 5.92 Å². The quantitative estimate of drug-likeness (QED) is 0.631. The number of anilines is 1. The molecule has 1 saturated carbocycles. The van der Waals surface area contributed by atoms with Crippen LogP contribution < -0.4 is 5.32 Å². The van der Waals surface area contributed by atoms with E-state index in [1.165, 1.54) is 70.5 Å². The average Bonchev–Trinajstić information content (AvgIpc) is 2.67. The van der Waals surface area contributed by atoms with E-state index in [4.69, 9.17) is 4.74 Å². The van der Waals surface area contributed by atoms with Crippen LogP contribution in [0.2, 0.25) is 0 Å². The lowest BCUT2D eigenvalue weighted by Crippen LogP contribution is -2.22. The maximum atomic E-state index is 12.0. The highest BCUT2D eigenvalue weighted by Gasteiger charge is 2.17. The lowest BCUT2D eigenvalue weighted by Gasteiger charge is -2.20. The number of hydrogen-bond acceptors (Lipinski definition) is 5. The molecule has 156 valence electrons. The molecule has 1 N–H and O–H groups in total. The second-order valence-corrected chi connectivity index (χ2v) is 9.57. The molecule has 1 aromatic rings. The molecule has 1 amide bonds. The number of sulfonamides is 1. The van der Waals surface area contributed by atoms with E-state index in [9.17, 15) is 18.0 Å². The van der Waals surface area contributed by atoms with Crippen LogP contribution in [0.25, 0.3) is 0 Å². The van der Waals surface area contributed by atoms with Gasteiger partial charge < -0.3 is 10.1 Å². The Balaban J connectivity index is 1.69. The SMILES string of the molecule is CN(C)S(=O)(=O)c1ccc(NC(=O)COC(=O)CCCC2CCCCC2)cc1. The van der Waals surface area contributed by atoms with Crippen molar-refractivity contribution in [2.24, 2.45) is 5.92 Å². The van der Waals surface area contributed by atoms with Crippen LogP contribution in [-0.4, -0.2) is 45.3 Å². The molecule has 8 heteroatoms. The molecule has 1 aromatic carbocycles. The number of carbonyl (C=O) groups excluding carboxylic acids is 2. The van der Waals surface area contributed by atoms with Crippen LogP contribution in [0.3, 0.4) is 0 Å². The summed E-state index contributed by atoms with van der Waals surface area (Å²) in [5, 5.41) is 2.59. The topological polar surface area (TPSA) is 92.8 Å². The predicted molar refractivity (Wildman–Crippen MR) is 107 cm³/mol. The van der Waals surface area contributed by atoms with Crippen molar-refractivity contribution in [2.75, 3.05) is 26.0 Å².